The van der Waals surface area contributed by atoms with Crippen LogP contribution in [0.3, 0.4) is 0 Å². The number of nitrogens with zero attached hydrogens (tertiary/aromatic N) is 1. The molecule has 1 atom stereocenters. The second-order valence-corrected chi connectivity index (χ2v) is 4.61. The summed E-state index contributed by atoms with van der Waals surface area (Å²) in [6.45, 7) is 5.71. The lowest BCUT2D eigenvalue weighted by Gasteiger charge is -2.40. The minimum absolute atomic E-state index is 0.298. The number of likely N-dealkylation sites (tertiary alicyclic amines) is 1. The van der Waals surface area contributed by atoms with Gasteiger partial charge in [0.2, 0.25) is 0 Å². The first-order valence-corrected chi connectivity index (χ1v) is 5.67. The molecule has 1 N–H and O–H groups in total. The summed E-state index contributed by atoms with van der Waals surface area (Å²) in [5.41, 5.74) is 1.45. The van der Waals surface area contributed by atoms with Crippen molar-refractivity contribution in [2.75, 3.05) is 26.2 Å². The van der Waals surface area contributed by atoms with Crippen LogP contribution in [0, 0.1) is 5.92 Å². The van der Waals surface area contributed by atoms with Crippen molar-refractivity contribution >= 4 is 0 Å². The summed E-state index contributed by atoms with van der Waals surface area (Å²) >= 11 is 0. The van der Waals surface area contributed by atoms with E-state index < -0.39 is 0 Å². The van der Waals surface area contributed by atoms with Gasteiger partial charge in [0.05, 0.1) is 0 Å². The van der Waals surface area contributed by atoms with E-state index in [1.54, 1.807) is 0 Å². The first-order valence-electron chi connectivity index (χ1n) is 5.67. The van der Waals surface area contributed by atoms with E-state index in [9.17, 15) is 0 Å². The molecular weight excluding hydrogens is 186 g/mol. The third-order valence-electron chi connectivity index (χ3n) is 3.11. The number of aliphatic hydroxyl groups excluding tert-OH is 1. The quantitative estimate of drug-likeness (QED) is 0.809. The molecule has 0 radical (unpaired) electrons. The predicted octanol–water partition coefficient (Wildman–Crippen LogP) is 1.71. The highest BCUT2D eigenvalue weighted by atomic mass is 16.3. The predicted molar refractivity (Wildman–Crippen MR) is 61.9 cm³/mol. The molecule has 2 heteroatoms. The summed E-state index contributed by atoms with van der Waals surface area (Å²) in [6.07, 6.45) is 0. The standard InChI is InChI=1S/C13H19NO/c1-11(10-15)7-14-8-13(9-14)12-5-3-2-4-6-12/h2-6,11,13,15H,7-10H2,1H3. The fourth-order valence-corrected chi connectivity index (χ4v) is 2.15. The second kappa shape index (κ2) is 4.77. The molecule has 1 aromatic carbocycles. The molecule has 1 unspecified atom stereocenters. The van der Waals surface area contributed by atoms with Crippen molar-refractivity contribution in [2.45, 2.75) is 12.8 Å². The van der Waals surface area contributed by atoms with Gasteiger partial charge in [-0.3, -0.25) is 0 Å². The number of hydrogen-bond acceptors (Lipinski definition) is 2. The molecule has 1 heterocycles. The molecule has 2 nitrogen and oxygen atoms in total. The van der Waals surface area contributed by atoms with Gasteiger partial charge in [0.15, 0.2) is 0 Å². The Labute approximate surface area is 91.5 Å². The van der Waals surface area contributed by atoms with Gasteiger partial charge < -0.3 is 10.0 Å². The first-order chi connectivity index (χ1) is 7.29. The van der Waals surface area contributed by atoms with Crippen LogP contribution < -0.4 is 0 Å². The minimum Gasteiger partial charge on any atom is -0.396 e. The summed E-state index contributed by atoms with van der Waals surface area (Å²) in [7, 11) is 0. The first kappa shape index (κ1) is 10.7. The van der Waals surface area contributed by atoms with Gasteiger partial charge in [0.1, 0.15) is 0 Å². The Morgan fingerprint density at radius 1 is 1.33 bits per heavy atom. The molecule has 1 saturated heterocycles. The lowest BCUT2D eigenvalue weighted by atomic mass is 9.91. The van der Waals surface area contributed by atoms with Crippen LogP contribution in [0.4, 0.5) is 0 Å². The number of hydrogen-bond donors (Lipinski definition) is 1. The molecule has 2 rings (SSSR count). The summed E-state index contributed by atoms with van der Waals surface area (Å²) in [6, 6.07) is 10.7. The van der Waals surface area contributed by atoms with E-state index in [0.717, 1.165) is 19.6 Å². The Morgan fingerprint density at radius 2 is 2.00 bits per heavy atom. The van der Waals surface area contributed by atoms with Gasteiger partial charge in [0.25, 0.3) is 0 Å². The van der Waals surface area contributed by atoms with Gasteiger partial charge in [-0.05, 0) is 11.5 Å². The van der Waals surface area contributed by atoms with Gasteiger partial charge in [-0.2, -0.15) is 0 Å². The van der Waals surface area contributed by atoms with E-state index in [1.165, 1.54) is 5.56 Å². The van der Waals surface area contributed by atoms with Crippen LogP contribution in [-0.2, 0) is 0 Å². The molecule has 0 saturated carbocycles. The summed E-state index contributed by atoms with van der Waals surface area (Å²) in [5, 5.41) is 8.96. The Bertz CT molecular complexity index is 293. The van der Waals surface area contributed by atoms with Crippen molar-refractivity contribution in [3.05, 3.63) is 35.9 Å². The molecule has 1 aliphatic heterocycles. The molecule has 0 aliphatic carbocycles. The van der Waals surface area contributed by atoms with Crippen molar-refractivity contribution in [3.8, 4) is 0 Å². The van der Waals surface area contributed by atoms with Crippen LogP contribution in [0.5, 0.6) is 0 Å². The van der Waals surface area contributed by atoms with E-state index in [4.69, 9.17) is 5.11 Å². The van der Waals surface area contributed by atoms with Crippen molar-refractivity contribution in [1.29, 1.82) is 0 Å². The van der Waals surface area contributed by atoms with Crippen LogP contribution in [0.15, 0.2) is 30.3 Å². The van der Waals surface area contributed by atoms with E-state index in [0.29, 0.717) is 18.4 Å². The maximum Gasteiger partial charge on any atom is 0.0468 e. The highest BCUT2D eigenvalue weighted by Crippen LogP contribution is 2.26. The van der Waals surface area contributed by atoms with Gasteiger partial charge in [-0.15, -0.1) is 0 Å². The Balaban J connectivity index is 1.79. The SMILES string of the molecule is CC(CO)CN1CC(c2ccccc2)C1. The number of rotatable bonds is 4. The second-order valence-electron chi connectivity index (χ2n) is 4.61. The molecule has 1 aliphatic rings. The molecule has 82 valence electrons. The van der Waals surface area contributed by atoms with Crippen molar-refractivity contribution in [2.24, 2.45) is 5.92 Å². The van der Waals surface area contributed by atoms with Gasteiger partial charge in [-0.25, -0.2) is 0 Å². The molecule has 0 spiro atoms. The molecule has 0 amide bonds. The third kappa shape index (κ3) is 2.58. The van der Waals surface area contributed by atoms with Crippen LogP contribution in [0.2, 0.25) is 0 Å². The highest BCUT2D eigenvalue weighted by Gasteiger charge is 2.28. The largest absolute Gasteiger partial charge is 0.396 e. The molecule has 1 fully saturated rings. The minimum atomic E-state index is 0.298. The lowest BCUT2D eigenvalue weighted by molar-refractivity contribution is 0.105. The third-order valence-corrected chi connectivity index (χ3v) is 3.11. The maximum absolute atomic E-state index is 8.96. The van der Waals surface area contributed by atoms with Crippen molar-refractivity contribution < 1.29 is 5.11 Å². The Morgan fingerprint density at radius 3 is 2.60 bits per heavy atom. The fraction of sp³-hybridized carbons (Fsp3) is 0.538. The van der Waals surface area contributed by atoms with Crippen LogP contribution in [0.1, 0.15) is 18.4 Å². The zero-order valence-corrected chi connectivity index (χ0v) is 9.26. The van der Waals surface area contributed by atoms with Crippen LogP contribution >= 0.6 is 0 Å². The average Bonchev–Trinajstić information content (AvgIpc) is 2.23. The van der Waals surface area contributed by atoms with Gasteiger partial charge >= 0.3 is 0 Å². The monoisotopic (exact) mass is 205 g/mol. The van der Waals surface area contributed by atoms with Crippen LogP contribution in [-0.4, -0.2) is 36.2 Å². The highest BCUT2D eigenvalue weighted by molar-refractivity contribution is 5.22. The van der Waals surface area contributed by atoms with E-state index >= 15 is 0 Å². The fourth-order valence-electron chi connectivity index (χ4n) is 2.15. The maximum atomic E-state index is 8.96. The van der Waals surface area contributed by atoms with Crippen LogP contribution in [0.25, 0.3) is 0 Å². The van der Waals surface area contributed by atoms with Gasteiger partial charge in [-0.1, -0.05) is 37.3 Å². The van der Waals surface area contributed by atoms with E-state index in [1.807, 2.05) is 0 Å². The number of benzene rings is 1. The summed E-state index contributed by atoms with van der Waals surface area (Å²) < 4.78 is 0. The normalized spacial score (nSPS) is 19.9. The smallest absolute Gasteiger partial charge is 0.0468 e. The molecule has 0 bridgehead atoms. The number of aliphatic hydroxyl groups is 1. The average molecular weight is 205 g/mol. The van der Waals surface area contributed by atoms with Crippen molar-refractivity contribution in [1.82, 2.24) is 4.90 Å². The van der Waals surface area contributed by atoms with Gasteiger partial charge in [0, 0.05) is 32.2 Å². The topological polar surface area (TPSA) is 23.5 Å². The molecule has 0 aromatic heterocycles. The van der Waals surface area contributed by atoms with Crippen molar-refractivity contribution in [3.63, 3.8) is 0 Å². The van der Waals surface area contributed by atoms with E-state index in [2.05, 4.69) is 42.2 Å². The van der Waals surface area contributed by atoms with E-state index in [-0.39, 0.29) is 0 Å². The summed E-state index contributed by atoms with van der Waals surface area (Å²) in [5.74, 6) is 1.11. The zero-order valence-electron chi connectivity index (χ0n) is 9.26. The molecule has 1 aromatic rings. The zero-order chi connectivity index (χ0) is 10.7. The molecular formula is C13H19NO. The Kier molecular flexibility index (Phi) is 3.39. The molecule has 15 heavy (non-hydrogen) atoms. The summed E-state index contributed by atoms with van der Waals surface area (Å²) in [4.78, 5) is 2.42. The Hall–Kier alpha value is -0.860. The lowest BCUT2D eigenvalue weighted by Crippen LogP contribution is -2.47.